The molecule has 9 rings (SSSR count). The van der Waals surface area contributed by atoms with E-state index in [4.69, 9.17) is 23.7 Å². The normalized spacial score (nSPS) is 14.1. The molecule has 8 aromatic rings. The molecular formula is C55H47N5O8. The van der Waals surface area contributed by atoms with E-state index in [-0.39, 0.29) is 65.5 Å². The van der Waals surface area contributed by atoms with Crippen LogP contribution in [0, 0.1) is 0 Å². The largest absolute Gasteiger partial charge is 0.488 e. The molecule has 0 bridgehead atoms. The van der Waals surface area contributed by atoms with Crippen molar-refractivity contribution in [3.63, 3.8) is 0 Å². The molecule has 1 aliphatic carbocycles. The fraction of sp³-hybridized carbons (Fsp3) is 0.164. The summed E-state index contributed by atoms with van der Waals surface area (Å²) in [5.41, 5.74) is 4.46. The second-order valence-corrected chi connectivity index (χ2v) is 16.1. The number of nitrogens with zero attached hydrogens (tertiary/aromatic N) is 3. The molecule has 0 aliphatic heterocycles. The number of H-pyrrole nitrogens is 1. The molecular weight excluding hydrogens is 859 g/mol. The van der Waals surface area contributed by atoms with Crippen molar-refractivity contribution in [1.82, 2.24) is 25.9 Å². The summed E-state index contributed by atoms with van der Waals surface area (Å²) in [5, 5.41) is 17.8. The van der Waals surface area contributed by atoms with Crippen molar-refractivity contribution in [2.24, 2.45) is 0 Å². The van der Waals surface area contributed by atoms with Gasteiger partial charge in [0.1, 0.15) is 61.1 Å². The van der Waals surface area contributed by atoms with Crippen LogP contribution in [0.15, 0.2) is 176 Å². The lowest BCUT2D eigenvalue weighted by molar-refractivity contribution is 0.0249. The van der Waals surface area contributed by atoms with Crippen molar-refractivity contribution in [2.45, 2.75) is 57.8 Å². The van der Waals surface area contributed by atoms with Gasteiger partial charge in [0.25, 0.3) is 5.91 Å². The van der Waals surface area contributed by atoms with E-state index in [0.717, 1.165) is 22.3 Å². The quantitative estimate of drug-likeness (QED) is 0.0586. The predicted molar refractivity (Wildman–Crippen MR) is 253 cm³/mol. The molecule has 2 atom stereocenters. The van der Waals surface area contributed by atoms with Crippen LogP contribution in [0.4, 0.5) is 0 Å². The van der Waals surface area contributed by atoms with Crippen molar-refractivity contribution in [3.8, 4) is 34.4 Å². The maximum absolute atomic E-state index is 15.5. The Labute approximate surface area is 393 Å². The molecule has 7 aromatic carbocycles. The van der Waals surface area contributed by atoms with Gasteiger partial charge < -0.3 is 29.0 Å². The maximum Gasteiger partial charge on any atom is 0.338 e. The Morgan fingerprint density at radius 3 is 1.59 bits per heavy atom. The fourth-order valence-corrected chi connectivity index (χ4v) is 8.04. The Morgan fingerprint density at radius 2 is 1.04 bits per heavy atom. The zero-order valence-corrected chi connectivity index (χ0v) is 37.0. The summed E-state index contributed by atoms with van der Waals surface area (Å²) in [5.74, 6) is -0.567. The number of aromatic amines is 1. The van der Waals surface area contributed by atoms with Crippen molar-refractivity contribution in [1.29, 1.82) is 0 Å². The van der Waals surface area contributed by atoms with Crippen LogP contribution in [0.25, 0.3) is 11.4 Å². The Kier molecular flexibility index (Phi) is 14.2. The van der Waals surface area contributed by atoms with Gasteiger partial charge in [-0.15, -0.1) is 10.2 Å². The summed E-state index contributed by atoms with van der Waals surface area (Å²) in [6.45, 7) is 0.555. The topological polar surface area (TPSA) is 164 Å². The number of nitrogens with one attached hydrogen (secondary N) is 2. The number of esters is 1. The number of amides is 1. The number of benzene rings is 7. The molecule has 1 aliphatic rings. The van der Waals surface area contributed by atoms with Gasteiger partial charge in [-0.25, -0.2) is 4.79 Å². The summed E-state index contributed by atoms with van der Waals surface area (Å²) in [6.07, 6.45) is 1.18. The second-order valence-electron chi connectivity index (χ2n) is 16.1. The average Bonchev–Trinajstić information content (AvgIpc) is 4.10. The smallest absolute Gasteiger partial charge is 0.338 e. The third-order valence-corrected chi connectivity index (χ3v) is 11.5. The highest BCUT2D eigenvalue weighted by Gasteiger charge is 2.35. The van der Waals surface area contributed by atoms with Crippen molar-refractivity contribution < 1.29 is 38.1 Å². The molecule has 0 saturated heterocycles. The summed E-state index contributed by atoms with van der Waals surface area (Å²) < 4.78 is 31.8. The number of tetrazole rings is 1. The summed E-state index contributed by atoms with van der Waals surface area (Å²) in [6, 6.07) is 53.0. The maximum atomic E-state index is 15.5. The minimum Gasteiger partial charge on any atom is -0.488 e. The first-order valence-electron chi connectivity index (χ1n) is 22.3. The number of ketones is 1. The van der Waals surface area contributed by atoms with E-state index in [1.165, 1.54) is 12.1 Å². The van der Waals surface area contributed by atoms with Crippen LogP contribution in [0.1, 0.15) is 78.2 Å². The van der Waals surface area contributed by atoms with Gasteiger partial charge in [-0.2, -0.15) is 5.21 Å². The van der Waals surface area contributed by atoms with Crippen LogP contribution in [0.2, 0.25) is 0 Å². The van der Waals surface area contributed by atoms with Gasteiger partial charge in [-0.05, 0) is 77.1 Å². The number of hydrogen-bond donors (Lipinski definition) is 2. The number of rotatable bonds is 19. The Balaban J connectivity index is 1.05. The molecule has 1 aromatic heterocycles. The number of carbonyl (C=O) groups excluding carboxylic acids is 3. The molecule has 0 spiro atoms. The molecule has 13 heteroatoms. The highest BCUT2D eigenvalue weighted by Crippen LogP contribution is 2.40. The lowest BCUT2D eigenvalue weighted by Gasteiger charge is -2.23. The van der Waals surface area contributed by atoms with Gasteiger partial charge in [0.2, 0.25) is 11.6 Å². The Hall–Kier alpha value is -8.58. The minimum atomic E-state index is -0.685. The third kappa shape index (κ3) is 10.9. The number of hydrogen-bond acceptors (Lipinski definition) is 11. The van der Waals surface area contributed by atoms with Crippen LogP contribution >= 0.6 is 0 Å². The van der Waals surface area contributed by atoms with Crippen molar-refractivity contribution in [3.05, 3.63) is 220 Å². The van der Waals surface area contributed by atoms with Crippen LogP contribution < -0.4 is 24.3 Å². The molecule has 2 N–H and O–H groups in total. The second kappa shape index (κ2) is 21.6. The van der Waals surface area contributed by atoms with E-state index >= 15 is 4.79 Å². The lowest BCUT2D eigenvalue weighted by Crippen LogP contribution is -2.42. The highest BCUT2D eigenvalue weighted by atomic mass is 16.5. The molecule has 68 heavy (non-hydrogen) atoms. The molecule has 13 nitrogen and oxygen atoms in total. The molecule has 0 unspecified atom stereocenters. The van der Waals surface area contributed by atoms with E-state index < -0.39 is 23.9 Å². The van der Waals surface area contributed by atoms with Gasteiger partial charge in [0.15, 0.2) is 0 Å². The van der Waals surface area contributed by atoms with Gasteiger partial charge >= 0.3 is 5.97 Å². The van der Waals surface area contributed by atoms with Crippen LogP contribution in [-0.2, 0) is 31.2 Å². The monoisotopic (exact) mass is 905 g/mol. The van der Waals surface area contributed by atoms with E-state index in [1.54, 1.807) is 36.4 Å². The summed E-state index contributed by atoms with van der Waals surface area (Å²) in [4.78, 5) is 43.8. The van der Waals surface area contributed by atoms with Crippen LogP contribution in [0.3, 0.4) is 0 Å². The standard InChI is InChI=1S/C55H47N5O8/c61-52(50-43(53-57-59-60-58-53)26-15-30-47(50)65-34-38-19-7-2-8-20-38)51-48(66-35-39-21-9-3-10-22-39)31-41(32-49(51)67-36-40-23-11-4-12-24-40)55(63)68-46-29-16-27-44(46)56-54(62)42-25-13-14-28-45(42)64-33-37-17-5-1-6-18-37/h1-15,17-26,28,30-32,44,46H,16,27,29,33-36H2,(H,56,62)(H,57,58,59,60)/t44-,46-/m1/s1. The zero-order chi connectivity index (χ0) is 46.5. The van der Waals surface area contributed by atoms with Crippen LogP contribution in [-0.4, -0.2) is 50.4 Å². The SMILES string of the molecule is O=C(O[C@@H]1CCC[C@H]1NC(=O)c1ccccc1OCc1ccccc1)c1cc(OCc2ccccc2)c(C(=O)c2c(OCc3ccccc3)cccc2-c2nn[nH]n2)c(OCc2ccccc2)c1. The third-order valence-electron chi connectivity index (χ3n) is 11.5. The molecule has 0 radical (unpaired) electrons. The molecule has 1 saturated carbocycles. The van der Waals surface area contributed by atoms with E-state index in [1.807, 2.05) is 127 Å². The first kappa shape index (κ1) is 44.6. The van der Waals surface area contributed by atoms with Gasteiger partial charge in [-0.1, -0.05) is 146 Å². The number of carbonyl (C=O) groups is 3. The lowest BCUT2D eigenvalue weighted by atomic mass is 9.94. The predicted octanol–water partition coefficient (Wildman–Crippen LogP) is 9.92. The minimum absolute atomic E-state index is 0.0353. The first-order chi connectivity index (χ1) is 33.5. The molecule has 340 valence electrons. The molecule has 1 fully saturated rings. The van der Waals surface area contributed by atoms with Crippen molar-refractivity contribution >= 4 is 17.7 Å². The Morgan fingerprint density at radius 1 is 0.544 bits per heavy atom. The van der Waals surface area contributed by atoms with Gasteiger partial charge in [0.05, 0.1) is 22.7 Å². The number of aromatic nitrogens is 4. The molecule has 1 heterocycles. The number of para-hydroxylation sites is 1. The van der Waals surface area contributed by atoms with Crippen LogP contribution in [0.5, 0.6) is 23.0 Å². The fourth-order valence-electron chi connectivity index (χ4n) is 8.04. The Bertz CT molecular complexity index is 2890. The average molecular weight is 906 g/mol. The summed E-state index contributed by atoms with van der Waals surface area (Å²) in [7, 11) is 0. The highest BCUT2D eigenvalue weighted by molar-refractivity contribution is 6.17. The van der Waals surface area contributed by atoms with Crippen molar-refractivity contribution in [2.75, 3.05) is 0 Å². The summed E-state index contributed by atoms with van der Waals surface area (Å²) >= 11 is 0. The molecule has 1 amide bonds. The zero-order valence-electron chi connectivity index (χ0n) is 37.0. The van der Waals surface area contributed by atoms with E-state index in [2.05, 4.69) is 25.9 Å². The van der Waals surface area contributed by atoms with Gasteiger partial charge in [0, 0.05) is 5.56 Å². The van der Waals surface area contributed by atoms with E-state index in [0.29, 0.717) is 42.7 Å². The van der Waals surface area contributed by atoms with E-state index in [9.17, 15) is 9.59 Å². The number of ether oxygens (including phenoxy) is 5. The van der Waals surface area contributed by atoms with Gasteiger partial charge in [-0.3, -0.25) is 9.59 Å². The first-order valence-corrected chi connectivity index (χ1v) is 22.3.